The van der Waals surface area contributed by atoms with Crippen LogP contribution in [-0.2, 0) is 8.85 Å². The molecule has 0 bridgehead atoms. The zero-order chi connectivity index (χ0) is 16.0. The van der Waals surface area contributed by atoms with Gasteiger partial charge in [-0.25, -0.2) is 4.79 Å². The topological polar surface area (TPSA) is 73.6 Å². The normalized spacial score (nSPS) is 11.6. The molecule has 6 heteroatoms. The molecule has 0 spiro atoms. The van der Waals surface area contributed by atoms with Crippen LogP contribution in [0.2, 0.25) is 12.6 Å². The van der Waals surface area contributed by atoms with Crippen LogP contribution in [0.4, 0.5) is 4.79 Å². The highest BCUT2D eigenvalue weighted by Crippen LogP contribution is 2.19. The monoisotopic (exact) mass is 318 g/mol. The minimum atomic E-state index is -1.90. The second-order valence-electron chi connectivity index (χ2n) is 5.52. The maximum atomic E-state index is 10.5. The minimum Gasteiger partial charge on any atom is -0.395 e. The van der Waals surface area contributed by atoms with E-state index in [1.165, 1.54) is 32.1 Å². The van der Waals surface area contributed by atoms with Crippen molar-refractivity contribution in [1.82, 2.24) is 5.32 Å². The van der Waals surface area contributed by atoms with Crippen molar-refractivity contribution in [2.24, 2.45) is 5.73 Å². The summed E-state index contributed by atoms with van der Waals surface area (Å²) in [5, 5.41) is 2.61. The maximum absolute atomic E-state index is 10.5. The number of rotatable bonds is 14. The molecule has 21 heavy (non-hydrogen) atoms. The number of nitrogens with one attached hydrogen (secondary N) is 1. The summed E-state index contributed by atoms with van der Waals surface area (Å²) in [6, 6.07) is 0.669. The Labute approximate surface area is 131 Å². The quantitative estimate of drug-likeness (QED) is 0.380. The first-order valence-electron chi connectivity index (χ1n) is 8.35. The molecule has 0 rings (SSSR count). The Bertz CT molecular complexity index is 259. The lowest BCUT2D eigenvalue weighted by Gasteiger charge is -2.25. The van der Waals surface area contributed by atoms with Crippen LogP contribution in [0.1, 0.15) is 58.8 Å². The molecule has 3 N–H and O–H groups in total. The summed E-state index contributed by atoms with van der Waals surface area (Å²) in [6.07, 6.45) is 8.39. The van der Waals surface area contributed by atoms with Crippen molar-refractivity contribution in [2.75, 3.05) is 19.8 Å². The molecular formula is C15H34N2O3Si. The highest BCUT2D eigenvalue weighted by Gasteiger charge is 2.29. The van der Waals surface area contributed by atoms with E-state index in [-0.39, 0.29) is 0 Å². The first-order chi connectivity index (χ1) is 10.0. The highest BCUT2D eigenvalue weighted by molar-refractivity contribution is 6.66. The van der Waals surface area contributed by atoms with Crippen molar-refractivity contribution in [3.05, 3.63) is 0 Å². The van der Waals surface area contributed by atoms with E-state index in [1.807, 2.05) is 13.8 Å². The van der Waals surface area contributed by atoms with Gasteiger partial charge >= 0.3 is 14.6 Å². The standard InChI is InChI=1S/C15H34N2O3Si/c1-4-19-21(3,20-5-2)14-12-10-8-6-7-9-11-13-17-15(16)18/h4-14H2,1-3H3,(H3,16,17,18). The van der Waals surface area contributed by atoms with Gasteiger partial charge in [0.1, 0.15) is 0 Å². The van der Waals surface area contributed by atoms with E-state index in [2.05, 4.69) is 11.9 Å². The van der Waals surface area contributed by atoms with Crippen LogP contribution in [0.15, 0.2) is 0 Å². The van der Waals surface area contributed by atoms with Crippen LogP contribution < -0.4 is 11.1 Å². The van der Waals surface area contributed by atoms with Crippen molar-refractivity contribution in [3.63, 3.8) is 0 Å². The number of nitrogens with two attached hydrogens (primary N) is 1. The van der Waals surface area contributed by atoms with Crippen LogP contribution >= 0.6 is 0 Å². The summed E-state index contributed by atoms with van der Waals surface area (Å²) in [5.41, 5.74) is 5.00. The van der Waals surface area contributed by atoms with Gasteiger partial charge in [-0.1, -0.05) is 38.5 Å². The molecule has 2 amide bonds. The Morgan fingerprint density at radius 2 is 1.43 bits per heavy atom. The van der Waals surface area contributed by atoms with E-state index in [0.717, 1.165) is 32.1 Å². The lowest BCUT2D eigenvalue weighted by molar-refractivity contribution is 0.188. The van der Waals surface area contributed by atoms with E-state index in [9.17, 15) is 4.79 Å². The summed E-state index contributed by atoms with van der Waals surface area (Å²) in [4.78, 5) is 10.5. The van der Waals surface area contributed by atoms with Gasteiger partial charge in [-0.2, -0.15) is 0 Å². The molecule has 0 aromatic heterocycles. The van der Waals surface area contributed by atoms with Crippen molar-refractivity contribution in [3.8, 4) is 0 Å². The van der Waals surface area contributed by atoms with Gasteiger partial charge in [0, 0.05) is 19.8 Å². The van der Waals surface area contributed by atoms with Crippen molar-refractivity contribution < 1.29 is 13.6 Å². The van der Waals surface area contributed by atoms with Crippen LogP contribution in [0, 0.1) is 0 Å². The van der Waals surface area contributed by atoms with Gasteiger partial charge < -0.3 is 19.9 Å². The first-order valence-corrected chi connectivity index (χ1v) is 10.9. The van der Waals surface area contributed by atoms with Crippen LogP contribution in [0.3, 0.4) is 0 Å². The Morgan fingerprint density at radius 1 is 0.952 bits per heavy atom. The maximum Gasteiger partial charge on any atom is 0.334 e. The number of carbonyl (C=O) groups excluding carboxylic acids is 1. The zero-order valence-electron chi connectivity index (χ0n) is 14.1. The second-order valence-corrected chi connectivity index (χ2v) is 8.86. The molecule has 0 aliphatic rings. The van der Waals surface area contributed by atoms with E-state index in [0.29, 0.717) is 6.54 Å². The number of hydrogen-bond donors (Lipinski definition) is 2. The molecule has 0 aromatic carbocycles. The third-order valence-electron chi connectivity index (χ3n) is 3.51. The van der Waals surface area contributed by atoms with Crippen LogP contribution in [-0.4, -0.2) is 34.4 Å². The molecule has 0 aliphatic heterocycles. The molecule has 0 fully saturated rings. The van der Waals surface area contributed by atoms with Gasteiger partial charge in [-0.3, -0.25) is 0 Å². The largest absolute Gasteiger partial charge is 0.395 e. The number of urea groups is 1. The number of unbranched alkanes of at least 4 members (excludes halogenated alkanes) is 6. The Kier molecular flexibility index (Phi) is 12.7. The fourth-order valence-electron chi connectivity index (χ4n) is 2.46. The number of amides is 2. The molecule has 0 aromatic rings. The van der Waals surface area contributed by atoms with Gasteiger partial charge in [-0.15, -0.1) is 0 Å². The third kappa shape index (κ3) is 12.8. The molecule has 0 heterocycles. The predicted octanol–water partition coefficient (Wildman–Crippen LogP) is 3.53. The lowest BCUT2D eigenvalue weighted by Crippen LogP contribution is -2.38. The SMILES string of the molecule is CCO[Si](C)(CCCCCCCCCNC(N)=O)OCC. The molecule has 0 saturated heterocycles. The van der Waals surface area contributed by atoms with E-state index < -0.39 is 14.6 Å². The lowest BCUT2D eigenvalue weighted by atomic mass is 10.1. The van der Waals surface area contributed by atoms with Gasteiger partial charge in [0.25, 0.3) is 0 Å². The summed E-state index contributed by atoms with van der Waals surface area (Å²) >= 11 is 0. The molecular weight excluding hydrogens is 284 g/mol. The molecule has 0 aliphatic carbocycles. The van der Waals surface area contributed by atoms with Crippen molar-refractivity contribution >= 4 is 14.6 Å². The average Bonchev–Trinajstić information content (AvgIpc) is 2.41. The van der Waals surface area contributed by atoms with E-state index in [4.69, 9.17) is 14.6 Å². The third-order valence-corrected chi connectivity index (χ3v) is 6.57. The van der Waals surface area contributed by atoms with Gasteiger partial charge in [0.05, 0.1) is 0 Å². The summed E-state index contributed by atoms with van der Waals surface area (Å²) in [6.45, 7) is 8.45. The van der Waals surface area contributed by atoms with Crippen molar-refractivity contribution in [2.45, 2.75) is 71.4 Å². The summed E-state index contributed by atoms with van der Waals surface area (Å²) in [7, 11) is -1.90. The number of carbonyl (C=O) groups is 1. The van der Waals surface area contributed by atoms with Gasteiger partial charge in [0.15, 0.2) is 0 Å². The van der Waals surface area contributed by atoms with Crippen molar-refractivity contribution in [1.29, 1.82) is 0 Å². The minimum absolute atomic E-state index is 0.425. The molecule has 126 valence electrons. The molecule has 0 unspecified atom stereocenters. The number of primary amides is 1. The summed E-state index contributed by atoms with van der Waals surface area (Å²) < 4.78 is 11.7. The summed E-state index contributed by atoms with van der Waals surface area (Å²) in [5.74, 6) is 0. The molecule has 0 saturated carbocycles. The molecule has 5 nitrogen and oxygen atoms in total. The second kappa shape index (κ2) is 13.1. The van der Waals surface area contributed by atoms with E-state index in [1.54, 1.807) is 0 Å². The fraction of sp³-hybridized carbons (Fsp3) is 0.933. The van der Waals surface area contributed by atoms with Gasteiger partial charge in [0.2, 0.25) is 0 Å². The highest BCUT2D eigenvalue weighted by atomic mass is 28.4. The Morgan fingerprint density at radius 3 is 1.90 bits per heavy atom. The van der Waals surface area contributed by atoms with Gasteiger partial charge in [-0.05, 0) is 32.9 Å². The zero-order valence-corrected chi connectivity index (χ0v) is 15.1. The average molecular weight is 319 g/mol. The first kappa shape index (κ1) is 20.4. The van der Waals surface area contributed by atoms with E-state index >= 15 is 0 Å². The van der Waals surface area contributed by atoms with Crippen LogP contribution in [0.5, 0.6) is 0 Å². The predicted molar refractivity (Wildman–Crippen MR) is 89.6 cm³/mol. The number of hydrogen-bond acceptors (Lipinski definition) is 3. The smallest absolute Gasteiger partial charge is 0.334 e. The fourth-order valence-corrected chi connectivity index (χ4v) is 4.95. The Balaban J connectivity index is 3.43. The van der Waals surface area contributed by atoms with Crippen LogP contribution in [0.25, 0.3) is 0 Å². The molecule has 0 radical (unpaired) electrons. The molecule has 0 atom stereocenters. The Hall–Kier alpha value is -0.593.